The second-order valence-electron chi connectivity index (χ2n) is 8.66. The van der Waals surface area contributed by atoms with Crippen molar-refractivity contribution >= 4 is 24.7 Å². The summed E-state index contributed by atoms with van der Waals surface area (Å²) in [5.74, 6) is -1.25. The molecule has 0 spiro atoms. The monoisotopic (exact) mass is 424 g/mol. The highest BCUT2D eigenvalue weighted by Gasteiger charge is 2.49. The average Bonchev–Trinajstić information content (AvgIpc) is 3.15. The molecule has 160 valence electrons. The summed E-state index contributed by atoms with van der Waals surface area (Å²) in [7, 11) is -1.38. The van der Waals surface area contributed by atoms with Crippen molar-refractivity contribution in [3.05, 3.63) is 72.8 Å². The Labute approximate surface area is 180 Å². The first kappa shape index (κ1) is 22.5. The molecular weight excluding hydrogens is 392 g/mol. The molecule has 0 saturated heterocycles. The molecule has 0 saturated carbocycles. The fourth-order valence-corrected chi connectivity index (χ4v) is 8.17. The molecule has 5 heteroatoms. The van der Waals surface area contributed by atoms with Crippen LogP contribution in [-0.2, 0) is 14.3 Å². The molecule has 1 aliphatic heterocycles. The lowest BCUT2D eigenvalue weighted by Gasteiger charge is -2.41. The summed E-state index contributed by atoms with van der Waals surface area (Å²) in [4.78, 5) is 23.6. The van der Waals surface area contributed by atoms with Gasteiger partial charge in [-0.05, 0) is 34.3 Å². The number of methoxy groups -OCH3 is 1. The third kappa shape index (κ3) is 4.58. The molecule has 0 aromatic heterocycles. The molecule has 1 N–H and O–H groups in total. The first-order valence-corrected chi connectivity index (χ1v) is 12.6. The molecule has 1 atom stereocenters. The second-order valence-corrected chi connectivity index (χ2v) is 12.6. The summed E-state index contributed by atoms with van der Waals surface area (Å²) in [6.45, 7) is 4.38. The third-order valence-corrected chi connectivity index (χ3v) is 10.8. The van der Waals surface area contributed by atoms with Gasteiger partial charge in [-0.2, -0.15) is 0 Å². The molecular formula is C25H32O4Si. The van der Waals surface area contributed by atoms with Crippen LogP contribution in [0.2, 0.25) is 5.04 Å². The molecule has 4 nitrogen and oxygen atoms in total. The topological polar surface area (TPSA) is 55.8 Å². The highest BCUT2D eigenvalue weighted by molar-refractivity contribution is 6.98. The van der Waals surface area contributed by atoms with E-state index in [1.165, 1.54) is 6.08 Å². The molecule has 1 aliphatic rings. The van der Waals surface area contributed by atoms with Gasteiger partial charge < -0.3 is 14.3 Å². The molecule has 2 aromatic carbocycles. The van der Waals surface area contributed by atoms with E-state index in [0.29, 0.717) is 6.42 Å². The summed E-state index contributed by atoms with van der Waals surface area (Å²) in [6.07, 6.45) is 7.54. The van der Waals surface area contributed by atoms with Crippen molar-refractivity contribution in [2.75, 3.05) is 7.11 Å². The minimum Gasteiger partial charge on any atom is -0.426 e. The van der Waals surface area contributed by atoms with Crippen LogP contribution in [0.15, 0.2) is 72.8 Å². The zero-order chi connectivity index (χ0) is 21.7. The zero-order valence-corrected chi connectivity index (χ0v) is 19.1. The number of esters is 1. The SMILES string of the molecule is CO[C@]1(CCCCCC(C)(C)[Si](O)(c2ccccc2)c2ccccc2)C=CC(=O)O1. The predicted molar refractivity (Wildman–Crippen MR) is 122 cm³/mol. The maximum atomic E-state index is 12.2. The Hall–Kier alpha value is -2.21. The molecule has 0 bridgehead atoms. The first-order valence-electron chi connectivity index (χ1n) is 10.6. The third-order valence-electron chi connectivity index (χ3n) is 6.28. The van der Waals surface area contributed by atoms with Gasteiger partial charge in [0, 0.05) is 19.6 Å². The lowest BCUT2D eigenvalue weighted by molar-refractivity contribution is -0.190. The van der Waals surface area contributed by atoms with Gasteiger partial charge in [-0.15, -0.1) is 0 Å². The van der Waals surface area contributed by atoms with Crippen LogP contribution in [0, 0.1) is 0 Å². The zero-order valence-electron chi connectivity index (χ0n) is 18.1. The molecule has 0 radical (unpaired) electrons. The van der Waals surface area contributed by atoms with Crippen molar-refractivity contribution in [2.45, 2.75) is 56.8 Å². The lowest BCUT2D eigenvalue weighted by atomic mass is 10.0. The summed E-state index contributed by atoms with van der Waals surface area (Å²) in [5.41, 5.74) is 0. The number of cyclic esters (lactones) is 1. The number of carbonyl (C=O) groups is 1. The predicted octanol–water partition coefficient (Wildman–Crippen LogP) is 3.93. The van der Waals surface area contributed by atoms with Gasteiger partial charge in [0.25, 0.3) is 8.32 Å². The number of rotatable bonds is 10. The van der Waals surface area contributed by atoms with E-state index in [9.17, 15) is 9.59 Å². The Bertz CT molecular complexity index is 824. The van der Waals surface area contributed by atoms with Crippen molar-refractivity contribution in [3.63, 3.8) is 0 Å². The molecule has 0 aliphatic carbocycles. The van der Waals surface area contributed by atoms with Gasteiger partial charge in [0.15, 0.2) is 0 Å². The van der Waals surface area contributed by atoms with Gasteiger partial charge >= 0.3 is 5.97 Å². The van der Waals surface area contributed by atoms with E-state index in [0.717, 1.165) is 36.1 Å². The van der Waals surface area contributed by atoms with Gasteiger partial charge in [0.2, 0.25) is 5.79 Å². The molecule has 2 aromatic rings. The van der Waals surface area contributed by atoms with Crippen molar-refractivity contribution in [1.29, 1.82) is 0 Å². The van der Waals surface area contributed by atoms with Crippen LogP contribution < -0.4 is 10.4 Å². The number of hydrogen-bond acceptors (Lipinski definition) is 4. The number of hydrogen-bond donors (Lipinski definition) is 1. The highest BCUT2D eigenvalue weighted by atomic mass is 28.4. The van der Waals surface area contributed by atoms with Crippen molar-refractivity contribution in [2.24, 2.45) is 0 Å². The largest absolute Gasteiger partial charge is 0.426 e. The summed E-state index contributed by atoms with van der Waals surface area (Å²) in [6, 6.07) is 20.3. The minimum absolute atomic E-state index is 0.242. The minimum atomic E-state index is -2.95. The standard InChI is InChI=1S/C25H32O4Si/c1-24(2,18-11-6-12-19-25(28-3)20-17-23(26)29-25)30(27,21-13-7-4-8-14-21)22-15-9-5-10-16-22/h4-5,7-10,13-17,20,27H,6,11-12,18-19H2,1-3H3/t25-/m0/s1. The van der Waals surface area contributed by atoms with E-state index in [4.69, 9.17) is 9.47 Å². The van der Waals surface area contributed by atoms with E-state index in [1.54, 1.807) is 13.2 Å². The van der Waals surface area contributed by atoms with Crippen LogP contribution in [0.4, 0.5) is 0 Å². The first-order chi connectivity index (χ1) is 14.3. The Kier molecular flexibility index (Phi) is 6.96. The van der Waals surface area contributed by atoms with Crippen LogP contribution in [-0.4, -0.2) is 32.0 Å². The van der Waals surface area contributed by atoms with E-state index in [1.807, 2.05) is 36.4 Å². The number of carbonyl (C=O) groups excluding carboxylic acids is 1. The van der Waals surface area contributed by atoms with E-state index in [2.05, 4.69) is 38.1 Å². The Morgan fingerprint density at radius 1 is 0.967 bits per heavy atom. The fourth-order valence-electron chi connectivity index (χ4n) is 4.38. The van der Waals surface area contributed by atoms with Gasteiger partial charge in [0.05, 0.1) is 0 Å². The molecule has 0 amide bonds. The Balaban J connectivity index is 1.67. The Morgan fingerprint density at radius 3 is 2.00 bits per heavy atom. The van der Waals surface area contributed by atoms with Crippen LogP contribution in [0.5, 0.6) is 0 Å². The summed E-state index contributed by atoms with van der Waals surface area (Å²) in [5, 5.41) is 1.85. The maximum Gasteiger partial charge on any atom is 0.333 e. The Morgan fingerprint density at radius 2 is 1.53 bits per heavy atom. The number of ether oxygens (including phenoxy) is 2. The van der Waals surface area contributed by atoms with Crippen LogP contribution in [0.1, 0.15) is 46.0 Å². The molecule has 30 heavy (non-hydrogen) atoms. The molecule has 3 rings (SSSR count). The van der Waals surface area contributed by atoms with Gasteiger partial charge in [-0.25, -0.2) is 4.79 Å². The molecule has 1 heterocycles. The van der Waals surface area contributed by atoms with E-state index >= 15 is 0 Å². The molecule has 0 fully saturated rings. The average molecular weight is 425 g/mol. The smallest absolute Gasteiger partial charge is 0.333 e. The summed E-state index contributed by atoms with van der Waals surface area (Å²) < 4.78 is 10.7. The van der Waals surface area contributed by atoms with Crippen LogP contribution in [0.3, 0.4) is 0 Å². The second kappa shape index (κ2) is 9.29. The molecule has 0 unspecified atom stereocenters. The highest BCUT2D eigenvalue weighted by Crippen LogP contribution is 2.40. The van der Waals surface area contributed by atoms with Gasteiger partial charge in [-0.3, -0.25) is 0 Å². The van der Waals surface area contributed by atoms with E-state index < -0.39 is 14.1 Å². The van der Waals surface area contributed by atoms with Crippen LogP contribution in [0.25, 0.3) is 0 Å². The van der Waals surface area contributed by atoms with Gasteiger partial charge in [-0.1, -0.05) is 87.4 Å². The maximum absolute atomic E-state index is 12.2. The quantitative estimate of drug-likeness (QED) is 0.357. The normalized spacial score (nSPS) is 19.1. The van der Waals surface area contributed by atoms with Gasteiger partial charge in [0.1, 0.15) is 0 Å². The van der Waals surface area contributed by atoms with Crippen LogP contribution >= 0.6 is 0 Å². The fraction of sp³-hybridized carbons (Fsp3) is 0.400. The van der Waals surface area contributed by atoms with E-state index in [-0.39, 0.29) is 11.0 Å². The number of unbranched alkanes of at least 4 members (excludes halogenated alkanes) is 2. The van der Waals surface area contributed by atoms with Crippen molar-refractivity contribution in [1.82, 2.24) is 0 Å². The van der Waals surface area contributed by atoms with Crippen molar-refractivity contribution < 1.29 is 19.1 Å². The lowest BCUT2D eigenvalue weighted by Crippen LogP contribution is -2.65. The number of benzene rings is 2. The van der Waals surface area contributed by atoms with Crippen molar-refractivity contribution in [3.8, 4) is 0 Å². The summed E-state index contributed by atoms with van der Waals surface area (Å²) >= 11 is 0.